The maximum Gasteiger partial charge on any atom is 0.231 e. The largest absolute Gasteiger partial charge is 0.354 e. The van der Waals surface area contributed by atoms with Gasteiger partial charge in [0, 0.05) is 25.4 Å². The van der Waals surface area contributed by atoms with Gasteiger partial charge in [-0.2, -0.15) is 15.0 Å². The third-order valence-electron chi connectivity index (χ3n) is 3.07. The van der Waals surface area contributed by atoms with E-state index in [2.05, 4.69) is 45.9 Å². The average Bonchev–Trinajstić information content (AvgIpc) is 2.97. The minimum absolute atomic E-state index is 0.638. The van der Waals surface area contributed by atoms with E-state index in [9.17, 15) is 0 Å². The van der Waals surface area contributed by atoms with Crippen molar-refractivity contribution in [2.45, 2.75) is 45.2 Å². The van der Waals surface area contributed by atoms with Gasteiger partial charge in [0.15, 0.2) is 5.16 Å². The minimum atomic E-state index is 0.638. The summed E-state index contributed by atoms with van der Waals surface area (Å²) in [6.45, 7) is 9.59. The Bertz CT molecular complexity index is 418. The number of hydrogen-bond acceptors (Lipinski definition) is 6. The Hall–Kier alpha value is -1.04. The van der Waals surface area contributed by atoms with Crippen LogP contribution in [-0.4, -0.2) is 40.3 Å². The predicted octanol–water partition coefficient (Wildman–Crippen LogP) is 3.04. The molecule has 5 nitrogen and oxygen atoms in total. The molecule has 6 heteroatoms. The van der Waals surface area contributed by atoms with E-state index < -0.39 is 0 Å². The highest BCUT2D eigenvalue weighted by atomic mass is 32.2. The number of nitrogens with one attached hydrogen (secondary N) is 1. The fourth-order valence-electron chi connectivity index (χ4n) is 2.03. The van der Waals surface area contributed by atoms with Crippen LogP contribution in [0.1, 0.15) is 40.0 Å². The minimum Gasteiger partial charge on any atom is -0.354 e. The van der Waals surface area contributed by atoms with Crippen molar-refractivity contribution in [3.05, 3.63) is 0 Å². The van der Waals surface area contributed by atoms with Crippen LogP contribution in [-0.2, 0) is 0 Å². The Kier molecular flexibility index (Phi) is 5.88. The lowest BCUT2D eigenvalue weighted by molar-refractivity contribution is 0.745. The van der Waals surface area contributed by atoms with Gasteiger partial charge < -0.3 is 10.2 Å². The lowest BCUT2D eigenvalue weighted by atomic mass is 10.3. The summed E-state index contributed by atoms with van der Waals surface area (Å²) in [6.07, 6.45) is 3.54. The Morgan fingerprint density at radius 2 is 1.95 bits per heavy atom. The first-order valence-corrected chi connectivity index (χ1v) is 8.55. The van der Waals surface area contributed by atoms with Crippen molar-refractivity contribution < 1.29 is 0 Å². The van der Waals surface area contributed by atoms with E-state index in [1.54, 1.807) is 11.8 Å². The topological polar surface area (TPSA) is 53.9 Å². The molecule has 0 radical (unpaired) electrons. The maximum absolute atomic E-state index is 4.62. The van der Waals surface area contributed by atoms with Crippen molar-refractivity contribution in [2.24, 2.45) is 5.92 Å². The second kappa shape index (κ2) is 7.67. The monoisotopic (exact) mass is 295 g/mol. The number of aromatic nitrogens is 3. The van der Waals surface area contributed by atoms with Gasteiger partial charge in [0.2, 0.25) is 11.9 Å². The molecule has 112 valence electrons. The molecule has 2 heterocycles. The predicted molar refractivity (Wildman–Crippen MR) is 85.6 cm³/mol. The summed E-state index contributed by atoms with van der Waals surface area (Å²) < 4.78 is 0. The van der Waals surface area contributed by atoms with Crippen molar-refractivity contribution in [2.75, 3.05) is 35.6 Å². The molecular weight excluding hydrogens is 270 g/mol. The first-order valence-electron chi connectivity index (χ1n) is 7.56. The van der Waals surface area contributed by atoms with E-state index in [-0.39, 0.29) is 0 Å². The van der Waals surface area contributed by atoms with Crippen molar-refractivity contribution >= 4 is 23.7 Å². The summed E-state index contributed by atoms with van der Waals surface area (Å²) in [5.41, 5.74) is 0. The number of anilines is 2. The summed E-state index contributed by atoms with van der Waals surface area (Å²) in [6, 6.07) is 0. The van der Waals surface area contributed by atoms with Gasteiger partial charge in [-0.1, -0.05) is 32.5 Å². The van der Waals surface area contributed by atoms with Gasteiger partial charge in [0.1, 0.15) is 0 Å². The quantitative estimate of drug-likeness (QED) is 0.780. The molecule has 0 amide bonds. The Morgan fingerprint density at radius 3 is 2.60 bits per heavy atom. The molecule has 0 unspecified atom stereocenters. The molecule has 2 rings (SSSR count). The second-order valence-corrected chi connectivity index (χ2v) is 6.55. The van der Waals surface area contributed by atoms with Gasteiger partial charge in [-0.3, -0.25) is 0 Å². The first kappa shape index (κ1) is 15.4. The molecule has 0 saturated carbocycles. The van der Waals surface area contributed by atoms with Gasteiger partial charge in [0.05, 0.1) is 0 Å². The van der Waals surface area contributed by atoms with E-state index in [0.29, 0.717) is 5.92 Å². The standard InChI is InChI=1S/C14H25N5S/c1-4-7-15-12-16-13(19-8-5-6-9-19)18-14(17-12)20-10-11(2)3/h11H,4-10H2,1-3H3,(H,15,16,17,18). The van der Waals surface area contributed by atoms with Gasteiger partial charge in [-0.25, -0.2) is 0 Å². The summed E-state index contributed by atoms with van der Waals surface area (Å²) in [5, 5.41) is 4.13. The van der Waals surface area contributed by atoms with Crippen LogP contribution < -0.4 is 10.2 Å². The fraction of sp³-hybridized carbons (Fsp3) is 0.786. The molecule has 0 bridgehead atoms. The number of thioether (sulfide) groups is 1. The van der Waals surface area contributed by atoms with Gasteiger partial charge in [-0.05, 0) is 25.2 Å². The molecule has 1 aliphatic rings. The van der Waals surface area contributed by atoms with Crippen LogP contribution in [0.5, 0.6) is 0 Å². The van der Waals surface area contributed by atoms with Crippen LogP contribution in [0.15, 0.2) is 5.16 Å². The Balaban J connectivity index is 2.14. The maximum atomic E-state index is 4.62. The molecule has 0 spiro atoms. The molecule has 1 aromatic rings. The average molecular weight is 295 g/mol. The van der Waals surface area contributed by atoms with Crippen LogP contribution in [0, 0.1) is 5.92 Å². The Morgan fingerprint density at radius 1 is 1.20 bits per heavy atom. The molecule has 1 aromatic heterocycles. The zero-order valence-electron chi connectivity index (χ0n) is 12.7. The first-order chi connectivity index (χ1) is 9.69. The third-order valence-corrected chi connectivity index (χ3v) is 4.34. The lowest BCUT2D eigenvalue weighted by Gasteiger charge is -2.16. The fourth-order valence-corrected chi connectivity index (χ4v) is 2.81. The molecule has 1 saturated heterocycles. The van der Waals surface area contributed by atoms with Crippen LogP contribution in [0.2, 0.25) is 0 Å². The highest BCUT2D eigenvalue weighted by Gasteiger charge is 2.17. The van der Waals surface area contributed by atoms with E-state index >= 15 is 0 Å². The highest BCUT2D eigenvalue weighted by molar-refractivity contribution is 7.99. The van der Waals surface area contributed by atoms with E-state index in [4.69, 9.17) is 0 Å². The molecule has 0 aliphatic carbocycles. The van der Waals surface area contributed by atoms with E-state index in [0.717, 1.165) is 48.9 Å². The molecule has 1 fully saturated rings. The molecule has 20 heavy (non-hydrogen) atoms. The van der Waals surface area contributed by atoms with Crippen LogP contribution in [0.25, 0.3) is 0 Å². The molecule has 0 atom stereocenters. The number of rotatable bonds is 7. The lowest BCUT2D eigenvalue weighted by Crippen LogP contribution is -2.22. The summed E-state index contributed by atoms with van der Waals surface area (Å²) in [7, 11) is 0. The zero-order valence-corrected chi connectivity index (χ0v) is 13.5. The zero-order chi connectivity index (χ0) is 14.4. The summed E-state index contributed by atoms with van der Waals surface area (Å²) in [5.74, 6) is 3.23. The normalized spacial score (nSPS) is 15.1. The summed E-state index contributed by atoms with van der Waals surface area (Å²) >= 11 is 1.72. The van der Waals surface area contributed by atoms with Crippen molar-refractivity contribution in [1.82, 2.24) is 15.0 Å². The smallest absolute Gasteiger partial charge is 0.231 e. The SMILES string of the molecule is CCCNc1nc(SCC(C)C)nc(N2CCCC2)n1. The van der Waals surface area contributed by atoms with Gasteiger partial charge in [-0.15, -0.1) is 0 Å². The number of nitrogens with zero attached hydrogens (tertiary/aromatic N) is 4. The second-order valence-electron chi connectivity index (χ2n) is 5.57. The third kappa shape index (κ3) is 4.51. The van der Waals surface area contributed by atoms with Crippen molar-refractivity contribution in [3.8, 4) is 0 Å². The van der Waals surface area contributed by atoms with Crippen LogP contribution in [0.4, 0.5) is 11.9 Å². The van der Waals surface area contributed by atoms with Crippen LogP contribution in [0.3, 0.4) is 0 Å². The molecule has 1 N–H and O–H groups in total. The van der Waals surface area contributed by atoms with Crippen molar-refractivity contribution in [3.63, 3.8) is 0 Å². The highest BCUT2D eigenvalue weighted by Crippen LogP contribution is 2.22. The molecule has 1 aliphatic heterocycles. The molecule has 0 aromatic carbocycles. The Labute approximate surface area is 126 Å². The molecular formula is C14H25N5S. The van der Waals surface area contributed by atoms with E-state index in [1.165, 1.54) is 12.8 Å². The van der Waals surface area contributed by atoms with E-state index in [1.807, 2.05) is 0 Å². The summed E-state index contributed by atoms with van der Waals surface area (Å²) in [4.78, 5) is 16.0. The number of hydrogen-bond donors (Lipinski definition) is 1. The van der Waals surface area contributed by atoms with Gasteiger partial charge >= 0.3 is 0 Å². The van der Waals surface area contributed by atoms with Crippen molar-refractivity contribution in [1.29, 1.82) is 0 Å². The van der Waals surface area contributed by atoms with Crippen LogP contribution >= 0.6 is 11.8 Å². The van der Waals surface area contributed by atoms with Gasteiger partial charge in [0.25, 0.3) is 0 Å².